The van der Waals surface area contributed by atoms with E-state index in [9.17, 15) is 0 Å². The quantitative estimate of drug-likeness (QED) is 0.599. The molecule has 110 valence electrons. The lowest BCUT2D eigenvalue weighted by Gasteiger charge is -2.31. The normalized spacial score (nSPS) is 15.2. The zero-order chi connectivity index (χ0) is 15.4. The first-order valence-electron chi connectivity index (χ1n) is 7.38. The van der Waals surface area contributed by atoms with Crippen molar-refractivity contribution in [3.8, 4) is 11.5 Å². The molecule has 3 heteroatoms. The minimum Gasteiger partial charge on any atom is -0.402 e. The van der Waals surface area contributed by atoms with Gasteiger partial charge in [-0.25, -0.2) is 0 Å². The van der Waals surface area contributed by atoms with Crippen molar-refractivity contribution in [2.75, 3.05) is 0 Å². The van der Waals surface area contributed by atoms with E-state index in [1.54, 1.807) is 0 Å². The molecule has 0 bridgehead atoms. The average molecular weight is 305 g/mol. The van der Waals surface area contributed by atoms with Gasteiger partial charge in [0.05, 0.1) is 0 Å². The molecule has 0 saturated carbocycles. The molecule has 0 radical (unpaired) electrons. The largest absolute Gasteiger partial charge is 0.402 e. The van der Waals surface area contributed by atoms with Gasteiger partial charge in [-0.1, -0.05) is 56.3 Å². The molecule has 0 aromatic heterocycles. The number of benzene rings is 1. The molecule has 1 unspecified atom stereocenters. The molecule has 0 heterocycles. The van der Waals surface area contributed by atoms with E-state index in [0.29, 0.717) is 0 Å². The molecule has 0 aliphatic heterocycles. The summed E-state index contributed by atoms with van der Waals surface area (Å²) in [6.45, 7) is 15.6. The van der Waals surface area contributed by atoms with Crippen LogP contribution in [0, 0.1) is 11.5 Å². The third-order valence-electron chi connectivity index (χ3n) is 3.34. The molecule has 1 aromatic carbocycles. The molecular formula is C17H28OSi2. The summed E-state index contributed by atoms with van der Waals surface area (Å²) in [5.74, 6) is 3.47. The lowest BCUT2D eigenvalue weighted by Crippen LogP contribution is -2.42. The third kappa shape index (κ3) is 5.28. The zero-order valence-corrected chi connectivity index (χ0v) is 16.0. The SMILES string of the molecule is CCC(C)(C#C[Si](C)(C)c1ccccc1)O[Si](C)(C)C. The van der Waals surface area contributed by atoms with E-state index in [1.807, 2.05) is 0 Å². The summed E-state index contributed by atoms with van der Waals surface area (Å²) in [4.78, 5) is 0. The Kier molecular flexibility index (Phi) is 5.42. The second-order valence-electron chi connectivity index (χ2n) is 7.04. The molecule has 0 N–H and O–H groups in total. The highest BCUT2D eigenvalue weighted by atomic mass is 28.4. The smallest absolute Gasteiger partial charge is 0.185 e. The molecule has 1 atom stereocenters. The minimum absolute atomic E-state index is 0.302. The Labute approximate surface area is 126 Å². The van der Waals surface area contributed by atoms with Crippen molar-refractivity contribution in [1.29, 1.82) is 0 Å². The van der Waals surface area contributed by atoms with Crippen molar-refractivity contribution in [2.24, 2.45) is 0 Å². The first kappa shape index (κ1) is 17.2. The first-order valence-corrected chi connectivity index (χ1v) is 13.8. The summed E-state index contributed by atoms with van der Waals surface area (Å²) in [6.07, 6.45) is 0.934. The standard InChI is InChI=1S/C17H28OSi2/c1-8-17(2,18-19(3,4)5)14-15-20(6,7)16-12-10-9-11-13-16/h9-13H,8H2,1-7H3. The van der Waals surface area contributed by atoms with Crippen LogP contribution in [-0.4, -0.2) is 22.0 Å². The summed E-state index contributed by atoms with van der Waals surface area (Å²) < 4.78 is 6.29. The van der Waals surface area contributed by atoms with Gasteiger partial charge >= 0.3 is 0 Å². The predicted octanol–water partition coefficient (Wildman–Crippen LogP) is 4.16. The molecule has 0 saturated heterocycles. The van der Waals surface area contributed by atoms with Gasteiger partial charge in [0.2, 0.25) is 0 Å². The van der Waals surface area contributed by atoms with Gasteiger partial charge in [0, 0.05) is 0 Å². The van der Waals surface area contributed by atoms with Gasteiger partial charge in [0.15, 0.2) is 16.4 Å². The van der Waals surface area contributed by atoms with Crippen LogP contribution in [0.1, 0.15) is 20.3 Å². The van der Waals surface area contributed by atoms with Crippen molar-refractivity contribution < 1.29 is 4.43 Å². The van der Waals surface area contributed by atoms with E-state index < -0.39 is 16.4 Å². The minimum atomic E-state index is -1.71. The van der Waals surface area contributed by atoms with Crippen LogP contribution in [0.15, 0.2) is 30.3 Å². The van der Waals surface area contributed by atoms with Gasteiger partial charge in [-0.15, -0.1) is 5.54 Å². The number of rotatable bonds is 4. The second-order valence-corrected chi connectivity index (χ2v) is 15.5. The van der Waals surface area contributed by atoms with Crippen molar-refractivity contribution in [3.05, 3.63) is 30.3 Å². The molecular weight excluding hydrogens is 276 g/mol. The van der Waals surface area contributed by atoms with Crippen molar-refractivity contribution in [3.63, 3.8) is 0 Å². The number of hydrogen-bond donors (Lipinski definition) is 0. The van der Waals surface area contributed by atoms with Gasteiger partial charge in [-0.05, 0) is 38.2 Å². The van der Waals surface area contributed by atoms with Crippen LogP contribution in [0.3, 0.4) is 0 Å². The monoisotopic (exact) mass is 304 g/mol. The van der Waals surface area contributed by atoms with E-state index in [0.717, 1.165) is 6.42 Å². The summed E-state index contributed by atoms with van der Waals surface area (Å²) in [6, 6.07) is 10.7. The molecule has 0 aliphatic rings. The summed E-state index contributed by atoms with van der Waals surface area (Å²) in [5.41, 5.74) is 3.27. The van der Waals surface area contributed by atoms with E-state index >= 15 is 0 Å². The van der Waals surface area contributed by atoms with Crippen LogP contribution in [-0.2, 0) is 4.43 Å². The van der Waals surface area contributed by atoms with Crippen LogP contribution >= 0.6 is 0 Å². The number of hydrogen-bond acceptors (Lipinski definition) is 1. The zero-order valence-electron chi connectivity index (χ0n) is 14.0. The lowest BCUT2D eigenvalue weighted by atomic mass is 10.1. The Bertz CT molecular complexity index is 491. The maximum absolute atomic E-state index is 6.29. The summed E-state index contributed by atoms with van der Waals surface area (Å²) >= 11 is 0. The fourth-order valence-corrected chi connectivity index (χ4v) is 5.37. The van der Waals surface area contributed by atoms with E-state index in [4.69, 9.17) is 4.43 Å². The fourth-order valence-electron chi connectivity index (χ4n) is 2.08. The Morgan fingerprint density at radius 1 is 1.05 bits per heavy atom. The van der Waals surface area contributed by atoms with Gasteiger partial charge in [0.1, 0.15) is 5.60 Å². The van der Waals surface area contributed by atoms with Crippen LogP contribution in [0.2, 0.25) is 32.7 Å². The van der Waals surface area contributed by atoms with Gasteiger partial charge in [-0.3, -0.25) is 0 Å². The Morgan fingerprint density at radius 2 is 1.60 bits per heavy atom. The van der Waals surface area contributed by atoms with Crippen LogP contribution in [0.5, 0.6) is 0 Å². The highest BCUT2D eigenvalue weighted by Gasteiger charge is 2.29. The molecule has 0 aliphatic carbocycles. The van der Waals surface area contributed by atoms with Crippen LogP contribution in [0.25, 0.3) is 0 Å². The van der Waals surface area contributed by atoms with Crippen LogP contribution in [0.4, 0.5) is 0 Å². The second kappa shape index (κ2) is 6.30. The van der Waals surface area contributed by atoms with Gasteiger partial charge in [-0.2, -0.15) is 0 Å². The maximum Gasteiger partial charge on any atom is 0.185 e. The molecule has 0 amide bonds. The van der Waals surface area contributed by atoms with Crippen LogP contribution < -0.4 is 5.19 Å². The van der Waals surface area contributed by atoms with Crippen molar-refractivity contribution >= 4 is 21.6 Å². The molecule has 20 heavy (non-hydrogen) atoms. The molecule has 0 spiro atoms. The predicted molar refractivity (Wildman–Crippen MR) is 94.5 cm³/mol. The van der Waals surface area contributed by atoms with Crippen molar-refractivity contribution in [1.82, 2.24) is 0 Å². The fraction of sp³-hybridized carbons (Fsp3) is 0.529. The molecule has 1 nitrogen and oxygen atoms in total. The summed E-state index contributed by atoms with van der Waals surface area (Å²) in [5, 5.41) is 1.39. The summed E-state index contributed by atoms with van der Waals surface area (Å²) in [7, 11) is -3.28. The van der Waals surface area contributed by atoms with Gasteiger partial charge < -0.3 is 4.43 Å². The molecule has 1 rings (SSSR count). The topological polar surface area (TPSA) is 9.23 Å². The molecule has 1 aromatic rings. The Morgan fingerprint density at radius 3 is 2.05 bits per heavy atom. The maximum atomic E-state index is 6.29. The van der Waals surface area contributed by atoms with E-state index in [1.165, 1.54) is 5.19 Å². The Hall–Kier alpha value is -0.826. The highest BCUT2D eigenvalue weighted by Crippen LogP contribution is 2.21. The van der Waals surface area contributed by atoms with Gasteiger partial charge in [0.25, 0.3) is 0 Å². The first-order chi connectivity index (χ1) is 9.08. The molecule has 0 fully saturated rings. The third-order valence-corrected chi connectivity index (χ3v) is 6.93. The average Bonchev–Trinajstić information content (AvgIpc) is 2.36. The van der Waals surface area contributed by atoms with E-state index in [-0.39, 0.29) is 5.60 Å². The Balaban J connectivity index is 3.01. The highest BCUT2D eigenvalue weighted by molar-refractivity contribution is 6.96. The van der Waals surface area contributed by atoms with E-state index in [2.05, 4.69) is 88.4 Å². The van der Waals surface area contributed by atoms with Crippen molar-refractivity contribution in [2.45, 2.75) is 58.6 Å². The lowest BCUT2D eigenvalue weighted by molar-refractivity contribution is 0.138.